The summed E-state index contributed by atoms with van der Waals surface area (Å²) in [6.07, 6.45) is 7.58. The third-order valence-electron chi connectivity index (χ3n) is 5.96. The molecular weight excluding hydrogens is 401 g/mol. The van der Waals surface area contributed by atoms with Crippen molar-refractivity contribution >= 4 is 40.9 Å². The summed E-state index contributed by atoms with van der Waals surface area (Å²) < 4.78 is 16.6. The van der Waals surface area contributed by atoms with Crippen molar-refractivity contribution in [1.29, 1.82) is 0 Å². The van der Waals surface area contributed by atoms with Crippen molar-refractivity contribution < 1.29 is 14.0 Å². The lowest BCUT2D eigenvalue weighted by atomic mass is 9.95. The highest BCUT2D eigenvalue weighted by molar-refractivity contribution is 7.80. The van der Waals surface area contributed by atoms with E-state index in [0.717, 1.165) is 34.7 Å². The van der Waals surface area contributed by atoms with Gasteiger partial charge in [-0.25, -0.2) is 9.29 Å². The summed E-state index contributed by atoms with van der Waals surface area (Å²) in [5.74, 6) is -1.78. The van der Waals surface area contributed by atoms with Crippen LogP contribution in [0.4, 0.5) is 10.1 Å². The van der Waals surface area contributed by atoms with E-state index in [0.29, 0.717) is 6.04 Å². The normalized spacial score (nSPS) is 19.5. The number of hydrogen-bond acceptors (Lipinski definition) is 3. The molecule has 7 heteroatoms. The van der Waals surface area contributed by atoms with Crippen LogP contribution in [0.3, 0.4) is 0 Å². The van der Waals surface area contributed by atoms with Gasteiger partial charge >= 0.3 is 0 Å². The lowest BCUT2D eigenvalue weighted by molar-refractivity contribution is -0.122. The number of aryl methyl sites for hydroxylation is 1. The molecule has 156 valence electrons. The molecular formula is C23H24FN3O2S. The van der Waals surface area contributed by atoms with Gasteiger partial charge in [-0.05, 0) is 68.7 Å². The lowest BCUT2D eigenvalue weighted by Crippen LogP contribution is -2.54. The minimum atomic E-state index is -0.628. The Hall–Kier alpha value is -2.80. The zero-order valence-corrected chi connectivity index (χ0v) is 17.9. The number of thiocarbonyl (C=S) groups is 1. The van der Waals surface area contributed by atoms with Gasteiger partial charge in [0.1, 0.15) is 11.4 Å². The molecule has 2 heterocycles. The van der Waals surface area contributed by atoms with E-state index < -0.39 is 17.6 Å². The summed E-state index contributed by atoms with van der Waals surface area (Å²) in [6, 6.07) is 8.31. The van der Waals surface area contributed by atoms with Crippen LogP contribution in [0.5, 0.6) is 0 Å². The van der Waals surface area contributed by atoms with Gasteiger partial charge in [0, 0.05) is 17.4 Å². The van der Waals surface area contributed by atoms with Gasteiger partial charge in [-0.2, -0.15) is 0 Å². The van der Waals surface area contributed by atoms with Crippen LogP contribution in [-0.2, 0) is 9.59 Å². The molecule has 1 aromatic carbocycles. The highest BCUT2D eigenvalue weighted by atomic mass is 32.1. The van der Waals surface area contributed by atoms with Crippen LogP contribution >= 0.6 is 12.2 Å². The van der Waals surface area contributed by atoms with Crippen LogP contribution in [0, 0.1) is 19.7 Å². The van der Waals surface area contributed by atoms with E-state index in [-0.39, 0.29) is 16.4 Å². The Morgan fingerprint density at radius 3 is 2.53 bits per heavy atom. The van der Waals surface area contributed by atoms with Crippen LogP contribution in [0.25, 0.3) is 6.08 Å². The van der Waals surface area contributed by atoms with Crippen LogP contribution in [0.15, 0.2) is 35.9 Å². The molecule has 2 amide bonds. The van der Waals surface area contributed by atoms with Crippen molar-refractivity contribution in [3.63, 3.8) is 0 Å². The summed E-state index contributed by atoms with van der Waals surface area (Å²) in [5, 5.41) is 2.39. The van der Waals surface area contributed by atoms with E-state index in [1.807, 2.05) is 19.9 Å². The first-order chi connectivity index (χ1) is 14.4. The number of benzene rings is 1. The first-order valence-electron chi connectivity index (χ1n) is 10.2. The minimum Gasteiger partial charge on any atom is -0.346 e. The molecule has 1 aliphatic carbocycles. The SMILES string of the molecule is Cc1cc(/C=C2\C(=O)NC(=S)N(c3ccccc3F)C2=O)c(C)n1C1CCCCC1. The fourth-order valence-corrected chi connectivity index (χ4v) is 4.79. The quantitative estimate of drug-likeness (QED) is 0.445. The maximum atomic E-state index is 14.3. The Labute approximate surface area is 180 Å². The summed E-state index contributed by atoms with van der Waals surface area (Å²) in [7, 11) is 0. The number of amides is 2. The zero-order valence-electron chi connectivity index (χ0n) is 17.1. The number of anilines is 1. The number of carbonyl (C=O) groups excluding carboxylic acids is 2. The largest absolute Gasteiger partial charge is 0.346 e. The molecule has 0 radical (unpaired) electrons. The monoisotopic (exact) mass is 425 g/mol. The topological polar surface area (TPSA) is 54.3 Å². The van der Waals surface area contributed by atoms with Gasteiger partial charge in [-0.1, -0.05) is 31.4 Å². The van der Waals surface area contributed by atoms with Crippen molar-refractivity contribution in [3.8, 4) is 0 Å². The van der Waals surface area contributed by atoms with E-state index in [2.05, 4.69) is 9.88 Å². The summed E-state index contributed by atoms with van der Waals surface area (Å²) in [6.45, 7) is 4.06. The second kappa shape index (κ2) is 8.14. The number of nitrogens with zero attached hydrogens (tertiary/aromatic N) is 2. The van der Waals surface area contributed by atoms with E-state index in [1.54, 1.807) is 12.1 Å². The number of para-hydroxylation sites is 1. The van der Waals surface area contributed by atoms with Crippen molar-refractivity contribution in [2.45, 2.75) is 52.0 Å². The van der Waals surface area contributed by atoms with E-state index >= 15 is 0 Å². The molecule has 2 aromatic rings. The standard InChI is InChI=1S/C23H24FN3O2S/c1-14-12-16(15(2)26(14)17-8-4-3-5-9-17)13-18-21(28)25-23(30)27(22(18)29)20-11-7-6-10-19(20)24/h6-7,10-13,17H,3-5,8-9H2,1-2H3,(H,25,28,30)/b18-13+. The number of halogens is 1. The number of aromatic nitrogens is 1. The molecule has 0 bridgehead atoms. The number of hydrogen-bond donors (Lipinski definition) is 1. The predicted octanol–water partition coefficient (Wildman–Crippen LogP) is 4.58. The molecule has 0 spiro atoms. The molecule has 1 saturated carbocycles. The first kappa shape index (κ1) is 20.5. The van der Waals surface area contributed by atoms with Gasteiger partial charge in [-0.3, -0.25) is 14.9 Å². The minimum absolute atomic E-state index is 0.0195. The lowest BCUT2D eigenvalue weighted by Gasteiger charge is -2.29. The fraction of sp³-hybridized carbons (Fsp3) is 0.348. The molecule has 2 aliphatic rings. The van der Waals surface area contributed by atoms with Crippen LogP contribution in [-0.4, -0.2) is 21.5 Å². The number of carbonyl (C=O) groups is 2. The summed E-state index contributed by atoms with van der Waals surface area (Å²) >= 11 is 5.15. The first-order valence-corrected chi connectivity index (χ1v) is 10.6. The molecule has 1 saturated heterocycles. The highest BCUT2D eigenvalue weighted by Gasteiger charge is 2.36. The Morgan fingerprint density at radius 2 is 1.83 bits per heavy atom. The van der Waals surface area contributed by atoms with Crippen LogP contribution in [0.1, 0.15) is 55.1 Å². The smallest absolute Gasteiger partial charge is 0.270 e. The average Bonchev–Trinajstić information content (AvgIpc) is 3.00. The Kier molecular flexibility index (Phi) is 5.56. The molecule has 1 N–H and O–H groups in total. The number of nitrogens with one attached hydrogen (secondary N) is 1. The summed E-state index contributed by atoms with van der Waals surface area (Å²) in [4.78, 5) is 26.8. The summed E-state index contributed by atoms with van der Waals surface area (Å²) in [5.41, 5.74) is 2.91. The van der Waals surface area contributed by atoms with Crippen molar-refractivity contribution in [1.82, 2.24) is 9.88 Å². The Balaban J connectivity index is 1.72. The molecule has 4 rings (SSSR count). The van der Waals surface area contributed by atoms with Crippen molar-refractivity contribution in [2.24, 2.45) is 0 Å². The molecule has 0 unspecified atom stereocenters. The number of rotatable bonds is 3. The third-order valence-corrected chi connectivity index (χ3v) is 6.24. The van der Waals surface area contributed by atoms with Gasteiger partial charge in [-0.15, -0.1) is 0 Å². The zero-order chi connectivity index (χ0) is 21.4. The molecule has 30 heavy (non-hydrogen) atoms. The Bertz CT molecular complexity index is 1070. The van der Waals surface area contributed by atoms with E-state index in [4.69, 9.17) is 12.2 Å². The Morgan fingerprint density at radius 1 is 1.13 bits per heavy atom. The van der Waals surface area contributed by atoms with Gasteiger partial charge in [0.15, 0.2) is 5.11 Å². The molecule has 2 fully saturated rings. The second-order valence-electron chi connectivity index (χ2n) is 7.90. The van der Waals surface area contributed by atoms with Gasteiger partial charge in [0.25, 0.3) is 11.8 Å². The highest BCUT2D eigenvalue weighted by Crippen LogP contribution is 2.33. The molecule has 1 aliphatic heterocycles. The molecule has 5 nitrogen and oxygen atoms in total. The van der Waals surface area contributed by atoms with Crippen molar-refractivity contribution in [3.05, 3.63) is 58.7 Å². The van der Waals surface area contributed by atoms with Crippen LogP contribution < -0.4 is 10.2 Å². The van der Waals surface area contributed by atoms with Crippen LogP contribution in [0.2, 0.25) is 0 Å². The maximum Gasteiger partial charge on any atom is 0.270 e. The third kappa shape index (κ3) is 3.58. The van der Waals surface area contributed by atoms with E-state index in [1.165, 1.54) is 37.5 Å². The molecule has 0 atom stereocenters. The molecule has 1 aromatic heterocycles. The second-order valence-corrected chi connectivity index (χ2v) is 8.28. The van der Waals surface area contributed by atoms with Crippen molar-refractivity contribution in [2.75, 3.05) is 4.90 Å². The van der Waals surface area contributed by atoms with E-state index in [9.17, 15) is 14.0 Å². The fourth-order valence-electron chi connectivity index (χ4n) is 4.51. The van der Waals surface area contributed by atoms with Gasteiger partial charge < -0.3 is 4.57 Å². The maximum absolute atomic E-state index is 14.3. The van der Waals surface area contributed by atoms with Gasteiger partial charge in [0.05, 0.1) is 5.69 Å². The predicted molar refractivity (Wildman–Crippen MR) is 119 cm³/mol. The average molecular weight is 426 g/mol. The van der Waals surface area contributed by atoms with Gasteiger partial charge in [0.2, 0.25) is 0 Å².